The molecule has 0 radical (unpaired) electrons. The molecular weight excluding hydrogens is 528 g/mol. The minimum Gasteiger partial charge on any atom is -0.496 e. The zero-order chi connectivity index (χ0) is 28.5. The molecule has 8 nitrogen and oxygen atoms in total. The molecule has 1 N–H and O–H groups in total. The molecule has 1 aromatic heterocycles. The molecule has 1 heterocycles. The Hall–Kier alpha value is -3.72. The van der Waals surface area contributed by atoms with E-state index >= 15 is 0 Å². The fourth-order valence-corrected chi connectivity index (χ4v) is 5.96. The average molecular weight is 567 g/mol. The fraction of sp³-hybridized carbons (Fsp3) is 0.419. The van der Waals surface area contributed by atoms with Crippen LogP contribution in [0.15, 0.2) is 53.9 Å². The van der Waals surface area contributed by atoms with Crippen LogP contribution in [0.25, 0.3) is 0 Å². The molecular formula is C31H38N2O6S. The lowest BCUT2D eigenvalue weighted by Gasteiger charge is -2.34. The number of rotatable bonds is 12. The number of methoxy groups -OCH3 is 4. The van der Waals surface area contributed by atoms with Gasteiger partial charge in [-0.25, -0.2) is 0 Å². The number of nitrogens with one attached hydrogen (secondary N) is 1. The Balaban J connectivity index is 1.83. The van der Waals surface area contributed by atoms with E-state index in [1.165, 1.54) is 39.1 Å². The van der Waals surface area contributed by atoms with Gasteiger partial charge in [0.1, 0.15) is 11.8 Å². The first-order valence-electron chi connectivity index (χ1n) is 13.5. The lowest BCUT2D eigenvalue weighted by molar-refractivity contribution is -0.141. The molecule has 1 saturated carbocycles. The van der Waals surface area contributed by atoms with Gasteiger partial charge in [-0.05, 0) is 48.1 Å². The van der Waals surface area contributed by atoms with Gasteiger partial charge >= 0.3 is 0 Å². The second-order valence-corrected chi connectivity index (χ2v) is 10.8. The molecule has 0 bridgehead atoms. The number of nitrogens with zero attached hydrogens (tertiary/aromatic N) is 1. The summed E-state index contributed by atoms with van der Waals surface area (Å²) in [6, 6.07) is 14.0. The Kier molecular flexibility index (Phi) is 10.3. The van der Waals surface area contributed by atoms with Crippen LogP contribution in [0.4, 0.5) is 0 Å². The van der Waals surface area contributed by atoms with Crippen molar-refractivity contribution in [2.75, 3.05) is 28.4 Å². The first-order chi connectivity index (χ1) is 19.5. The summed E-state index contributed by atoms with van der Waals surface area (Å²) in [5, 5.41) is 5.20. The molecule has 1 fully saturated rings. The van der Waals surface area contributed by atoms with Crippen LogP contribution in [0.2, 0.25) is 0 Å². The van der Waals surface area contributed by atoms with E-state index in [9.17, 15) is 9.59 Å². The monoisotopic (exact) mass is 566 g/mol. The molecule has 214 valence electrons. The summed E-state index contributed by atoms with van der Waals surface area (Å²) >= 11 is 1.51. The minimum atomic E-state index is -0.951. The maximum Gasteiger partial charge on any atom is 0.247 e. The molecule has 0 unspecified atom stereocenters. The fourth-order valence-electron chi connectivity index (χ4n) is 5.26. The SMILES string of the molecule is COc1ccccc1CN(C(=O)Cc1cccs1)[C@H](C(=O)NC1CCCCC1)c1cc(OC)c(OC)c(OC)c1. The highest BCUT2D eigenvalue weighted by molar-refractivity contribution is 7.10. The van der Waals surface area contributed by atoms with E-state index in [1.54, 1.807) is 24.1 Å². The maximum absolute atomic E-state index is 14.2. The topological polar surface area (TPSA) is 86.3 Å². The molecule has 1 aliphatic rings. The maximum atomic E-state index is 14.2. The van der Waals surface area contributed by atoms with E-state index in [0.29, 0.717) is 28.6 Å². The molecule has 0 saturated heterocycles. The van der Waals surface area contributed by atoms with Crippen molar-refractivity contribution in [3.8, 4) is 23.0 Å². The number of hydrogen-bond acceptors (Lipinski definition) is 7. The standard InChI is InChI=1S/C31H38N2O6S/c1-36-25-15-9-8-11-21(25)20-33(28(34)19-24-14-10-16-40-24)29(31(35)32-23-12-6-5-7-13-23)22-17-26(37-2)30(39-4)27(18-22)38-3/h8-11,14-18,23,29H,5-7,12-13,19-20H2,1-4H3,(H,32,35)/t29-/m0/s1. The Morgan fingerprint density at radius 1 is 0.900 bits per heavy atom. The summed E-state index contributed by atoms with van der Waals surface area (Å²) in [7, 11) is 6.20. The van der Waals surface area contributed by atoms with Crippen LogP contribution in [0.3, 0.4) is 0 Å². The van der Waals surface area contributed by atoms with Gasteiger partial charge in [-0.3, -0.25) is 9.59 Å². The molecule has 0 spiro atoms. The van der Waals surface area contributed by atoms with Crippen LogP contribution in [0, 0.1) is 0 Å². The number of carbonyl (C=O) groups excluding carboxylic acids is 2. The zero-order valence-corrected chi connectivity index (χ0v) is 24.4. The zero-order valence-electron chi connectivity index (χ0n) is 23.6. The normalized spacial score (nSPS) is 14.2. The summed E-state index contributed by atoms with van der Waals surface area (Å²) in [6.07, 6.45) is 5.32. The van der Waals surface area contributed by atoms with Gasteiger partial charge in [-0.2, -0.15) is 0 Å². The molecule has 9 heteroatoms. The molecule has 3 aromatic rings. The van der Waals surface area contributed by atoms with Gasteiger partial charge in [0, 0.05) is 16.5 Å². The number of hydrogen-bond donors (Lipinski definition) is 1. The van der Waals surface area contributed by atoms with Crippen molar-refractivity contribution in [1.82, 2.24) is 10.2 Å². The number of para-hydroxylation sites is 1. The van der Waals surface area contributed by atoms with Crippen LogP contribution >= 0.6 is 11.3 Å². The summed E-state index contributed by atoms with van der Waals surface area (Å²) in [6.45, 7) is 0.174. The van der Waals surface area contributed by atoms with Crippen molar-refractivity contribution in [2.45, 2.75) is 57.2 Å². The molecule has 1 atom stereocenters. The largest absolute Gasteiger partial charge is 0.496 e. The van der Waals surface area contributed by atoms with E-state index < -0.39 is 6.04 Å². The number of amides is 2. The van der Waals surface area contributed by atoms with Gasteiger partial charge in [0.25, 0.3) is 0 Å². The first-order valence-corrected chi connectivity index (χ1v) is 14.4. The lowest BCUT2D eigenvalue weighted by Crippen LogP contribution is -2.47. The first kappa shape index (κ1) is 29.3. The molecule has 2 aromatic carbocycles. The highest BCUT2D eigenvalue weighted by Gasteiger charge is 2.35. The van der Waals surface area contributed by atoms with Crippen molar-refractivity contribution in [3.05, 3.63) is 69.9 Å². The number of ether oxygens (including phenoxy) is 4. The second-order valence-electron chi connectivity index (χ2n) is 9.79. The van der Waals surface area contributed by atoms with E-state index in [4.69, 9.17) is 18.9 Å². The van der Waals surface area contributed by atoms with Crippen molar-refractivity contribution < 1.29 is 28.5 Å². The average Bonchev–Trinajstić information content (AvgIpc) is 3.50. The Morgan fingerprint density at radius 3 is 2.17 bits per heavy atom. The smallest absolute Gasteiger partial charge is 0.247 e. The highest BCUT2D eigenvalue weighted by Crippen LogP contribution is 2.41. The van der Waals surface area contributed by atoms with Crippen LogP contribution in [0.5, 0.6) is 23.0 Å². The van der Waals surface area contributed by atoms with Crippen molar-refractivity contribution in [2.24, 2.45) is 0 Å². The third-order valence-corrected chi connectivity index (χ3v) is 8.15. The van der Waals surface area contributed by atoms with E-state index in [0.717, 1.165) is 36.1 Å². The Bertz CT molecular complexity index is 1250. The molecule has 1 aliphatic carbocycles. The van der Waals surface area contributed by atoms with Gasteiger partial charge in [-0.1, -0.05) is 43.5 Å². The molecule has 0 aliphatic heterocycles. The molecule has 40 heavy (non-hydrogen) atoms. The van der Waals surface area contributed by atoms with Gasteiger partial charge in [-0.15, -0.1) is 11.3 Å². The predicted octanol–water partition coefficient (Wildman–Crippen LogP) is 5.54. The minimum absolute atomic E-state index is 0.0614. The second kappa shape index (κ2) is 14.1. The summed E-state index contributed by atoms with van der Waals surface area (Å²) in [4.78, 5) is 30.9. The quantitative estimate of drug-likeness (QED) is 0.310. The van der Waals surface area contributed by atoms with Crippen molar-refractivity contribution in [1.29, 1.82) is 0 Å². The van der Waals surface area contributed by atoms with Crippen LogP contribution in [-0.4, -0.2) is 51.2 Å². The summed E-state index contributed by atoms with van der Waals surface area (Å²) < 4.78 is 22.4. The van der Waals surface area contributed by atoms with Crippen LogP contribution in [-0.2, 0) is 22.6 Å². The van der Waals surface area contributed by atoms with Gasteiger partial charge in [0.2, 0.25) is 17.6 Å². The van der Waals surface area contributed by atoms with Crippen LogP contribution < -0.4 is 24.3 Å². The van der Waals surface area contributed by atoms with E-state index in [-0.39, 0.29) is 30.8 Å². The summed E-state index contributed by atoms with van der Waals surface area (Å²) in [5.74, 6) is 1.47. The Morgan fingerprint density at radius 2 is 1.57 bits per heavy atom. The Labute approximate surface area is 240 Å². The third kappa shape index (κ3) is 6.88. The van der Waals surface area contributed by atoms with Crippen LogP contribution in [0.1, 0.15) is 54.1 Å². The van der Waals surface area contributed by atoms with Gasteiger partial charge in [0.05, 0.1) is 41.4 Å². The van der Waals surface area contributed by atoms with Crippen molar-refractivity contribution >= 4 is 23.2 Å². The van der Waals surface area contributed by atoms with Gasteiger partial charge < -0.3 is 29.2 Å². The van der Waals surface area contributed by atoms with Crippen molar-refractivity contribution in [3.63, 3.8) is 0 Å². The van der Waals surface area contributed by atoms with E-state index in [2.05, 4.69) is 5.32 Å². The predicted molar refractivity (Wildman–Crippen MR) is 155 cm³/mol. The molecule has 4 rings (SSSR count). The number of thiophene rings is 1. The van der Waals surface area contributed by atoms with Gasteiger partial charge in [0.15, 0.2) is 11.5 Å². The summed E-state index contributed by atoms with van der Waals surface area (Å²) in [5.41, 5.74) is 1.37. The molecule has 2 amide bonds. The number of carbonyl (C=O) groups is 2. The lowest BCUT2D eigenvalue weighted by atomic mass is 9.94. The number of benzene rings is 2. The highest BCUT2D eigenvalue weighted by atomic mass is 32.1. The van der Waals surface area contributed by atoms with E-state index in [1.807, 2.05) is 41.8 Å². The third-order valence-electron chi connectivity index (χ3n) is 7.27.